The van der Waals surface area contributed by atoms with E-state index in [1.54, 1.807) is 6.92 Å². The number of likely N-dealkylation sites (tertiary alicyclic amines) is 1. The zero-order chi connectivity index (χ0) is 21.0. The summed E-state index contributed by atoms with van der Waals surface area (Å²) in [5.41, 5.74) is 6.80. The molecule has 0 spiro atoms. The number of rotatable bonds is 5. The zero-order valence-electron chi connectivity index (χ0n) is 16.5. The highest BCUT2D eigenvalue weighted by Crippen LogP contribution is 2.41. The highest BCUT2D eigenvalue weighted by molar-refractivity contribution is 5.75. The molecule has 0 unspecified atom stereocenters. The maximum Gasteiger partial charge on any atom is 0.387 e. The summed E-state index contributed by atoms with van der Waals surface area (Å²) in [6, 6.07) is 3.49. The normalized spacial score (nSPS) is 22.8. The van der Waals surface area contributed by atoms with Crippen molar-refractivity contribution in [3.63, 3.8) is 0 Å². The number of ether oxygens (including phenoxy) is 1. The maximum atomic E-state index is 12.7. The second-order valence-corrected chi connectivity index (χ2v) is 8.13. The van der Waals surface area contributed by atoms with E-state index >= 15 is 0 Å². The third-order valence-electron chi connectivity index (χ3n) is 6.03. The van der Waals surface area contributed by atoms with Crippen LogP contribution in [0.15, 0.2) is 18.3 Å². The first-order valence-electron chi connectivity index (χ1n) is 10.0. The molecule has 10 heteroatoms. The van der Waals surface area contributed by atoms with Crippen LogP contribution in [-0.2, 0) is 4.79 Å². The van der Waals surface area contributed by atoms with Gasteiger partial charge in [0.2, 0.25) is 5.91 Å². The van der Waals surface area contributed by atoms with Crippen LogP contribution in [0.1, 0.15) is 31.5 Å². The van der Waals surface area contributed by atoms with Gasteiger partial charge < -0.3 is 20.3 Å². The van der Waals surface area contributed by atoms with E-state index in [4.69, 9.17) is 10.7 Å². The number of halogens is 2. The van der Waals surface area contributed by atoms with Gasteiger partial charge in [-0.05, 0) is 18.9 Å². The lowest BCUT2D eigenvalue weighted by molar-refractivity contribution is -0.138. The monoisotopic (exact) mass is 416 g/mol. The Labute approximate surface area is 172 Å². The minimum Gasteiger partial charge on any atom is -0.431 e. The Morgan fingerprint density at radius 3 is 2.73 bits per heavy atom. The lowest BCUT2D eigenvalue weighted by Gasteiger charge is -2.42. The second-order valence-electron chi connectivity index (χ2n) is 8.13. The molecule has 0 aromatic carbocycles. The van der Waals surface area contributed by atoms with Crippen molar-refractivity contribution in [1.82, 2.24) is 19.9 Å². The van der Waals surface area contributed by atoms with E-state index in [1.807, 2.05) is 11.0 Å². The number of anilines is 2. The molecular formula is C20H22F2N6O2. The van der Waals surface area contributed by atoms with Crippen molar-refractivity contribution < 1.29 is 18.3 Å². The van der Waals surface area contributed by atoms with E-state index in [2.05, 4.69) is 19.6 Å². The van der Waals surface area contributed by atoms with Gasteiger partial charge in [0.25, 0.3) is 0 Å². The van der Waals surface area contributed by atoms with Gasteiger partial charge in [-0.1, -0.05) is 0 Å². The van der Waals surface area contributed by atoms with Gasteiger partial charge in [-0.25, -0.2) is 15.0 Å². The summed E-state index contributed by atoms with van der Waals surface area (Å²) in [6.45, 7) is 0.941. The number of hydrogen-bond donors (Lipinski definition) is 1. The lowest BCUT2D eigenvalue weighted by Crippen LogP contribution is -2.57. The molecule has 8 nitrogen and oxygen atoms in total. The highest BCUT2D eigenvalue weighted by Gasteiger charge is 2.47. The Kier molecular flexibility index (Phi) is 4.44. The maximum absolute atomic E-state index is 12.7. The highest BCUT2D eigenvalue weighted by atomic mass is 19.3. The molecule has 158 valence electrons. The van der Waals surface area contributed by atoms with Crippen molar-refractivity contribution in [2.24, 2.45) is 5.92 Å². The number of amides is 1. The summed E-state index contributed by atoms with van der Waals surface area (Å²) in [7, 11) is 0. The third kappa shape index (κ3) is 3.40. The van der Waals surface area contributed by atoms with Gasteiger partial charge in [0, 0.05) is 56.2 Å². The number of nitrogen functional groups attached to an aromatic ring is 1. The standard InChI is InChI=1S/C20H22F2N6O2/c1-10(29)28-8-13-7-27(9-15(13)28)17-5-14(25-19(26-17)11-2-3-11)12-4-16(30-20(21)22)18(23)24-6-12/h4-6,11,13,15,20H,2-3,7-9H2,1H3,(H2,23,24)/t13-,15-/m1/s1. The third-order valence-corrected chi connectivity index (χ3v) is 6.03. The summed E-state index contributed by atoms with van der Waals surface area (Å²) < 4.78 is 29.9. The van der Waals surface area contributed by atoms with Crippen molar-refractivity contribution in [2.45, 2.75) is 38.3 Å². The Morgan fingerprint density at radius 1 is 1.23 bits per heavy atom. The van der Waals surface area contributed by atoms with E-state index in [0.717, 1.165) is 44.1 Å². The Balaban J connectivity index is 1.47. The molecule has 0 radical (unpaired) electrons. The quantitative estimate of drug-likeness (QED) is 0.798. The van der Waals surface area contributed by atoms with Crippen LogP contribution < -0.4 is 15.4 Å². The molecule has 2 atom stereocenters. The largest absolute Gasteiger partial charge is 0.431 e. The molecule has 1 saturated carbocycles. The zero-order valence-corrected chi connectivity index (χ0v) is 16.5. The minimum absolute atomic E-state index is 0.0969. The number of pyridine rings is 1. The van der Waals surface area contributed by atoms with Crippen LogP contribution in [0, 0.1) is 5.92 Å². The van der Waals surface area contributed by atoms with Crippen molar-refractivity contribution in [3.8, 4) is 17.0 Å². The first-order chi connectivity index (χ1) is 14.4. The lowest BCUT2D eigenvalue weighted by atomic mass is 9.92. The Hall–Kier alpha value is -3.04. The molecule has 0 bridgehead atoms. The van der Waals surface area contributed by atoms with E-state index < -0.39 is 6.61 Å². The van der Waals surface area contributed by atoms with E-state index in [0.29, 0.717) is 23.1 Å². The van der Waals surface area contributed by atoms with Gasteiger partial charge in [0.05, 0.1) is 11.7 Å². The smallest absolute Gasteiger partial charge is 0.387 e. The molecule has 3 aliphatic rings. The summed E-state index contributed by atoms with van der Waals surface area (Å²) in [5, 5.41) is 0. The molecule has 3 fully saturated rings. The van der Waals surface area contributed by atoms with Crippen molar-refractivity contribution in [1.29, 1.82) is 0 Å². The summed E-state index contributed by atoms with van der Waals surface area (Å²) in [5.74, 6) is 2.12. The predicted molar refractivity (Wildman–Crippen MR) is 105 cm³/mol. The molecule has 4 heterocycles. The van der Waals surface area contributed by atoms with Gasteiger partial charge in [-0.3, -0.25) is 4.79 Å². The van der Waals surface area contributed by atoms with Crippen LogP contribution in [0.5, 0.6) is 5.75 Å². The Bertz CT molecular complexity index is 999. The molecule has 30 heavy (non-hydrogen) atoms. The molecule has 2 N–H and O–H groups in total. The average Bonchev–Trinajstić information content (AvgIpc) is 3.48. The van der Waals surface area contributed by atoms with Gasteiger partial charge >= 0.3 is 6.61 Å². The molecule has 1 aliphatic carbocycles. The number of carbonyl (C=O) groups excluding carboxylic acids is 1. The van der Waals surface area contributed by atoms with Crippen LogP contribution in [0.3, 0.4) is 0 Å². The molecule has 2 saturated heterocycles. The van der Waals surface area contributed by atoms with Crippen molar-refractivity contribution >= 4 is 17.5 Å². The number of alkyl halides is 2. The average molecular weight is 416 g/mol. The number of hydrogen-bond acceptors (Lipinski definition) is 7. The summed E-state index contributed by atoms with van der Waals surface area (Å²) >= 11 is 0. The van der Waals surface area contributed by atoms with E-state index in [1.165, 1.54) is 12.3 Å². The van der Waals surface area contributed by atoms with Gasteiger partial charge in [0.15, 0.2) is 11.6 Å². The topological polar surface area (TPSA) is 97.5 Å². The first-order valence-corrected chi connectivity index (χ1v) is 10.0. The predicted octanol–water partition coefficient (Wildman–Crippen LogP) is 2.27. The van der Waals surface area contributed by atoms with Crippen molar-refractivity contribution in [3.05, 3.63) is 24.2 Å². The van der Waals surface area contributed by atoms with Crippen LogP contribution >= 0.6 is 0 Å². The molecule has 2 aromatic heterocycles. The molecular weight excluding hydrogens is 394 g/mol. The fraction of sp³-hybridized carbons (Fsp3) is 0.500. The van der Waals surface area contributed by atoms with Gasteiger partial charge in [0.1, 0.15) is 11.6 Å². The number of fused-ring (bicyclic) bond motifs is 1. The van der Waals surface area contributed by atoms with Crippen LogP contribution in [0.25, 0.3) is 11.3 Å². The van der Waals surface area contributed by atoms with Crippen LogP contribution in [0.2, 0.25) is 0 Å². The van der Waals surface area contributed by atoms with Crippen LogP contribution in [-0.4, -0.2) is 58.0 Å². The van der Waals surface area contributed by atoms with E-state index in [-0.39, 0.29) is 23.5 Å². The number of carbonyl (C=O) groups is 1. The molecule has 2 aliphatic heterocycles. The minimum atomic E-state index is -2.99. The molecule has 2 aromatic rings. The number of nitrogens with zero attached hydrogens (tertiary/aromatic N) is 5. The number of aromatic nitrogens is 3. The van der Waals surface area contributed by atoms with Gasteiger partial charge in [-0.2, -0.15) is 8.78 Å². The molecule has 1 amide bonds. The number of nitrogens with two attached hydrogens (primary N) is 1. The SMILES string of the molecule is CC(=O)N1C[C@H]2CN(c3cc(-c4cnc(N)c(OC(F)F)c4)nc(C4CC4)n3)C[C@H]21. The van der Waals surface area contributed by atoms with Crippen LogP contribution in [0.4, 0.5) is 20.4 Å². The van der Waals surface area contributed by atoms with Gasteiger partial charge in [-0.15, -0.1) is 0 Å². The summed E-state index contributed by atoms with van der Waals surface area (Å²) in [6.07, 6.45) is 3.57. The summed E-state index contributed by atoms with van der Waals surface area (Å²) in [4.78, 5) is 29.2. The molecule has 5 rings (SSSR count). The first kappa shape index (κ1) is 19.0. The Morgan fingerprint density at radius 2 is 2.03 bits per heavy atom. The second kappa shape index (κ2) is 7.03. The van der Waals surface area contributed by atoms with Crippen molar-refractivity contribution in [2.75, 3.05) is 30.3 Å². The fourth-order valence-corrected chi connectivity index (χ4v) is 4.26. The fourth-order valence-electron chi connectivity index (χ4n) is 4.26. The van der Waals surface area contributed by atoms with E-state index in [9.17, 15) is 13.6 Å².